The number of rotatable bonds is 10. The zero-order chi connectivity index (χ0) is 28.8. The molecule has 8 nitrogen and oxygen atoms in total. The lowest BCUT2D eigenvalue weighted by atomic mass is 10.1. The molecule has 1 aliphatic carbocycles. The van der Waals surface area contributed by atoms with Gasteiger partial charge in [0.25, 0.3) is 0 Å². The fraction of sp³-hybridized carbons (Fsp3) is 0.241. The molecule has 2 atom stereocenters. The second kappa shape index (κ2) is 13.3. The summed E-state index contributed by atoms with van der Waals surface area (Å²) in [6.45, 7) is 0. The van der Waals surface area contributed by atoms with Crippen molar-refractivity contribution in [2.24, 2.45) is 0 Å². The number of carboxylic acids is 4. The first-order chi connectivity index (χ1) is 19.1. The minimum Gasteiger partial charge on any atom is -0.478 e. The van der Waals surface area contributed by atoms with Crippen LogP contribution in [0.4, 0.5) is 0 Å². The lowest BCUT2D eigenvalue weighted by Gasteiger charge is -2.16. The Morgan fingerprint density at radius 3 is 1.40 bits per heavy atom. The van der Waals surface area contributed by atoms with Crippen molar-refractivity contribution >= 4 is 59.2 Å². The summed E-state index contributed by atoms with van der Waals surface area (Å²) in [4.78, 5) is 49.0. The molecule has 4 rings (SSSR count). The quantitative estimate of drug-likeness (QED) is 0.175. The van der Waals surface area contributed by atoms with Gasteiger partial charge in [-0.3, -0.25) is 0 Å². The highest BCUT2D eigenvalue weighted by Gasteiger charge is 2.23. The number of carbonyl (C=O) groups is 4. The van der Waals surface area contributed by atoms with E-state index in [-0.39, 0.29) is 22.3 Å². The smallest absolute Gasteiger partial charge is 0.336 e. The molecule has 1 aliphatic rings. The molecule has 208 valence electrons. The summed E-state index contributed by atoms with van der Waals surface area (Å²) in [7, 11) is 0. The molecule has 0 radical (unpaired) electrons. The molecule has 0 saturated heterocycles. The van der Waals surface area contributed by atoms with E-state index in [0.29, 0.717) is 15.4 Å². The summed E-state index contributed by atoms with van der Waals surface area (Å²) in [5.74, 6) is -5.06. The maximum absolute atomic E-state index is 11.5. The Hall–Kier alpha value is -3.41. The Balaban J connectivity index is 1.33. The Labute approximate surface area is 243 Å². The molecule has 40 heavy (non-hydrogen) atoms. The predicted octanol–water partition coefficient (Wildman–Crippen LogP) is 7.22. The van der Waals surface area contributed by atoms with Crippen LogP contribution in [0.2, 0.25) is 0 Å². The lowest BCUT2D eigenvalue weighted by Crippen LogP contribution is -2.08. The molecule has 4 N–H and O–H groups in total. The average Bonchev–Trinajstić information content (AvgIpc) is 3.14. The third-order valence-corrected chi connectivity index (χ3v) is 10.1. The van der Waals surface area contributed by atoms with Gasteiger partial charge in [-0.2, -0.15) is 0 Å². The van der Waals surface area contributed by atoms with Crippen molar-refractivity contribution in [3.8, 4) is 0 Å². The number of thioether (sulfide) groups is 2. The largest absolute Gasteiger partial charge is 0.478 e. The first kappa shape index (κ1) is 29.6. The van der Waals surface area contributed by atoms with Gasteiger partial charge in [-0.05, 0) is 86.3 Å². The average molecular weight is 599 g/mol. The van der Waals surface area contributed by atoms with E-state index >= 15 is 0 Å². The van der Waals surface area contributed by atoms with E-state index in [4.69, 9.17) is 0 Å². The van der Waals surface area contributed by atoms with Gasteiger partial charge in [0.05, 0.1) is 22.3 Å². The van der Waals surface area contributed by atoms with Crippen LogP contribution < -0.4 is 0 Å². The second-order valence-electron chi connectivity index (χ2n) is 9.20. The van der Waals surface area contributed by atoms with Crippen LogP contribution in [0.25, 0.3) is 0 Å². The molecule has 2 unspecified atom stereocenters. The maximum atomic E-state index is 11.5. The highest BCUT2D eigenvalue weighted by molar-refractivity contribution is 8.00. The molecular formula is C29H26O8S3. The number of benzene rings is 3. The van der Waals surface area contributed by atoms with Gasteiger partial charge in [0.15, 0.2) is 0 Å². The number of carboxylic acid groups (broad SMARTS) is 4. The van der Waals surface area contributed by atoms with Gasteiger partial charge in [-0.15, -0.1) is 23.5 Å². The summed E-state index contributed by atoms with van der Waals surface area (Å²) in [6.07, 6.45) is 5.08. The Bertz CT molecular complexity index is 1440. The normalized spacial score (nSPS) is 17.1. The molecular weight excluding hydrogens is 573 g/mol. The lowest BCUT2D eigenvalue weighted by molar-refractivity contribution is 0.0651. The first-order valence-electron chi connectivity index (χ1n) is 12.4. The molecule has 0 heterocycles. The van der Waals surface area contributed by atoms with Crippen molar-refractivity contribution in [3.63, 3.8) is 0 Å². The Kier molecular flexibility index (Phi) is 9.83. The molecule has 0 aliphatic heterocycles. The Morgan fingerprint density at radius 2 is 0.900 bits per heavy atom. The van der Waals surface area contributed by atoms with E-state index < -0.39 is 23.9 Å². The minimum atomic E-state index is -1.28. The summed E-state index contributed by atoms with van der Waals surface area (Å²) in [6, 6.07) is 16.8. The van der Waals surface area contributed by atoms with Gasteiger partial charge in [0, 0.05) is 30.1 Å². The zero-order valence-corrected chi connectivity index (χ0v) is 23.6. The number of hydrogen-bond donors (Lipinski definition) is 4. The summed E-state index contributed by atoms with van der Waals surface area (Å²) in [5.41, 5.74) is -0.886. The van der Waals surface area contributed by atoms with Crippen molar-refractivity contribution in [3.05, 3.63) is 82.9 Å². The van der Waals surface area contributed by atoms with Crippen LogP contribution in [0.5, 0.6) is 0 Å². The maximum Gasteiger partial charge on any atom is 0.336 e. The van der Waals surface area contributed by atoms with E-state index in [1.165, 1.54) is 36.0 Å². The van der Waals surface area contributed by atoms with E-state index in [1.54, 1.807) is 23.9 Å². The van der Waals surface area contributed by atoms with Gasteiger partial charge < -0.3 is 20.4 Å². The van der Waals surface area contributed by atoms with Crippen molar-refractivity contribution in [2.75, 3.05) is 0 Å². The third kappa shape index (κ3) is 7.61. The fourth-order valence-electron chi connectivity index (χ4n) is 4.49. The van der Waals surface area contributed by atoms with Crippen molar-refractivity contribution in [1.82, 2.24) is 0 Å². The first-order valence-corrected chi connectivity index (χ1v) is 15.0. The van der Waals surface area contributed by atoms with E-state index in [1.807, 2.05) is 36.0 Å². The third-order valence-electron chi connectivity index (χ3n) is 6.43. The van der Waals surface area contributed by atoms with E-state index in [0.717, 1.165) is 46.8 Å². The van der Waals surface area contributed by atoms with Crippen LogP contribution in [0.1, 0.15) is 73.5 Å². The SMILES string of the molecule is O=C(O)c1ccc(Sc2ccc(SC3CCCC(Sc4ccc(C(=O)O)c(C(=O)O)c4)CC3)cc2)cc1C(=O)O. The van der Waals surface area contributed by atoms with Gasteiger partial charge in [-0.1, -0.05) is 18.2 Å². The fourth-order valence-corrected chi connectivity index (χ4v) is 7.82. The van der Waals surface area contributed by atoms with Crippen molar-refractivity contribution in [2.45, 2.75) is 62.2 Å². The summed E-state index contributed by atoms with van der Waals surface area (Å²) < 4.78 is 0. The zero-order valence-electron chi connectivity index (χ0n) is 21.1. The monoisotopic (exact) mass is 598 g/mol. The minimum absolute atomic E-state index is 0.194. The standard InChI is InChI=1S/C29H26O8S3/c30-26(31)22-12-10-20(14-24(22)28(34)35)39-17-3-1-2-16(4-5-17)38-18-6-8-19(9-7-18)40-21-11-13-23(27(32)33)25(15-21)29(36)37/h6-17H,1-5H2,(H,30,31)(H,32,33)(H,34,35)(H,36,37). The van der Waals surface area contributed by atoms with Crippen LogP contribution in [-0.4, -0.2) is 54.8 Å². The van der Waals surface area contributed by atoms with Crippen LogP contribution in [0, 0.1) is 0 Å². The van der Waals surface area contributed by atoms with E-state index in [2.05, 4.69) is 0 Å². The molecule has 0 amide bonds. The second-order valence-corrected chi connectivity index (χ2v) is 13.1. The molecule has 1 saturated carbocycles. The van der Waals surface area contributed by atoms with Crippen LogP contribution in [0.3, 0.4) is 0 Å². The van der Waals surface area contributed by atoms with E-state index in [9.17, 15) is 39.6 Å². The Morgan fingerprint density at radius 1 is 0.500 bits per heavy atom. The van der Waals surface area contributed by atoms with Crippen LogP contribution in [-0.2, 0) is 0 Å². The van der Waals surface area contributed by atoms with Gasteiger partial charge >= 0.3 is 23.9 Å². The van der Waals surface area contributed by atoms with Crippen molar-refractivity contribution in [1.29, 1.82) is 0 Å². The molecule has 3 aromatic rings. The van der Waals surface area contributed by atoms with Gasteiger partial charge in [-0.25, -0.2) is 19.2 Å². The molecule has 0 aromatic heterocycles. The topological polar surface area (TPSA) is 149 Å². The van der Waals surface area contributed by atoms with Crippen LogP contribution >= 0.6 is 35.3 Å². The molecule has 1 fully saturated rings. The highest BCUT2D eigenvalue weighted by atomic mass is 32.2. The number of aromatic carboxylic acids is 4. The van der Waals surface area contributed by atoms with Crippen LogP contribution in [0.15, 0.2) is 80.2 Å². The molecule has 11 heteroatoms. The summed E-state index contributed by atoms with van der Waals surface area (Å²) >= 11 is 4.79. The predicted molar refractivity (Wildman–Crippen MR) is 154 cm³/mol. The number of hydrogen-bond acceptors (Lipinski definition) is 7. The van der Waals surface area contributed by atoms with Gasteiger partial charge in [0.1, 0.15) is 0 Å². The molecule has 0 bridgehead atoms. The van der Waals surface area contributed by atoms with Crippen molar-refractivity contribution < 1.29 is 39.6 Å². The summed E-state index contributed by atoms with van der Waals surface area (Å²) in [5, 5.41) is 37.9. The van der Waals surface area contributed by atoms with Gasteiger partial charge in [0.2, 0.25) is 0 Å². The highest BCUT2D eigenvalue weighted by Crippen LogP contribution is 2.39. The molecule has 0 spiro atoms. The molecule has 3 aromatic carbocycles.